The Morgan fingerprint density at radius 1 is 1.27 bits per heavy atom. The first-order valence-corrected chi connectivity index (χ1v) is 9.03. The number of benzene rings is 2. The molecule has 1 fully saturated rings. The fraction of sp³-hybridized carbons (Fsp3) is 0.0556. The Kier molecular flexibility index (Phi) is 5.43. The highest BCUT2D eigenvalue weighted by atomic mass is 79.9. The SMILES string of the molecule is COc1ccc(Br)cc1/C=C1/SC(=Nc2ccc(C(=O)O)cc2)NC1=O. The van der Waals surface area contributed by atoms with Gasteiger partial charge in [-0.3, -0.25) is 4.79 Å². The van der Waals surface area contributed by atoms with Crippen molar-refractivity contribution >= 4 is 56.5 Å². The van der Waals surface area contributed by atoms with Crippen molar-refractivity contribution in [3.8, 4) is 5.75 Å². The molecule has 1 saturated heterocycles. The van der Waals surface area contributed by atoms with E-state index in [0.717, 1.165) is 10.0 Å². The second-order valence-electron chi connectivity index (χ2n) is 5.22. The minimum atomic E-state index is -0.999. The van der Waals surface area contributed by atoms with Crippen LogP contribution in [0, 0.1) is 0 Å². The lowest BCUT2D eigenvalue weighted by atomic mass is 10.2. The summed E-state index contributed by atoms with van der Waals surface area (Å²) < 4.78 is 6.19. The van der Waals surface area contributed by atoms with Gasteiger partial charge in [-0.05, 0) is 60.3 Å². The maximum Gasteiger partial charge on any atom is 0.335 e. The van der Waals surface area contributed by atoms with Gasteiger partial charge in [-0.15, -0.1) is 0 Å². The summed E-state index contributed by atoms with van der Waals surface area (Å²) >= 11 is 4.61. The number of carboxylic acid groups (broad SMARTS) is 1. The zero-order valence-corrected chi connectivity index (χ0v) is 15.9. The van der Waals surface area contributed by atoms with Crippen LogP contribution in [0.25, 0.3) is 6.08 Å². The second kappa shape index (κ2) is 7.76. The van der Waals surface area contributed by atoms with Gasteiger partial charge in [-0.25, -0.2) is 9.79 Å². The van der Waals surface area contributed by atoms with Gasteiger partial charge in [-0.2, -0.15) is 0 Å². The molecule has 6 nitrogen and oxygen atoms in total. The predicted octanol–water partition coefficient (Wildman–Crippen LogP) is 4.05. The Morgan fingerprint density at radius 3 is 2.65 bits per heavy atom. The van der Waals surface area contributed by atoms with Gasteiger partial charge < -0.3 is 15.2 Å². The normalized spacial score (nSPS) is 16.8. The van der Waals surface area contributed by atoms with Crippen LogP contribution in [0.4, 0.5) is 5.69 Å². The maximum atomic E-state index is 12.2. The van der Waals surface area contributed by atoms with Gasteiger partial charge in [0.05, 0.1) is 23.3 Å². The van der Waals surface area contributed by atoms with Crippen molar-refractivity contribution in [2.24, 2.45) is 4.99 Å². The first-order valence-electron chi connectivity index (χ1n) is 7.43. The molecule has 0 unspecified atom stereocenters. The Hall–Kier alpha value is -2.58. The molecule has 0 radical (unpaired) electrons. The topological polar surface area (TPSA) is 88.0 Å². The lowest BCUT2D eigenvalue weighted by Crippen LogP contribution is -2.19. The van der Waals surface area contributed by atoms with Gasteiger partial charge in [0.2, 0.25) is 0 Å². The number of rotatable bonds is 4. The number of carbonyl (C=O) groups excluding carboxylic acids is 1. The molecule has 132 valence electrons. The predicted molar refractivity (Wildman–Crippen MR) is 105 cm³/mol. The molecule has 26 heavy (non-hydrogen) atoms. The van der Waals surface area contributed by atoms with Gasteiger partial charge in [0.25, 0.3) is 5.91 Å². The van der Waals surface area contributed by atoms with E-state index < -0.39 is 5.97 Å². The highest BCUT2D eigenvalue weighted by Crippen LogP contribution is 2.31. The third kappa shape index (κ3) is 4.14. The van der Waals surface area contributed by atoms with E-state index in [2.05, 4.69) is 26.2 Å². The van der Waals surface area contributed by atoms with Crippen LogP contribution < -0.4 is 10.1 Å². The van der Waals surface area contributed by atoms with Crippen molar-refractivity contribution < 1.29 is 19.4 Å². The molecule has 0 atom stereocenters. The Morgan fingerprint density at radius 2 is 2.00 bits per heavy atom. The monoisotopic (exact) mass is 432 g/mol. The summed E-state index contributed by atoms with van der Waals surface area (Å²) in [6.07, 6.45) is 1.74. The smallest absolute Gasteiger partial charge is 0.335 e. The van der Waals surface area contributed by atoms with E-state index >= 15 is 0 Å². The van der Waals surface area contributed by atoms with E-state index in [9.17, 15) is 9.59 Å². The van der Waals surface area contributed by atoms with E-state index in [1.807, 2.05) is 18.2 Å². The van der Waals surface area contributed by atoms with Gasteiger partial charge in [-0.1, -0.05) is 15.9 Å². The van der Waals surface area contributed by atoms with E-state index in [1.54, 1.807) is 25.3 Å². The van der Waals surface area contributed by atoms with Crippen LogP contribution >= 0.6 is 27.7 Å². The fourth-order valence-corrected chi connectivity index (χ4v) is 3.45. The average molecular weight is 433 g/mol. The number of carbonyl (C=O) groups is 2. The fourth-order valence-electron chi connectivity index (χ4n) is 2.24. The largest absolute Gasteiger partial charge is 0.496 e. The van der Waals surface area contributed by atoms with Crippen molar-refractivity contribution in [1.82, 2.24) is 5.32 Å². The van der Waals surface area contributed by atoms with Gasteiger partial charge >= 0.3 is 5.97 Å². The zero-order valence-electron chi connectivity index (χ0n) is 13.5. The molecule has 0 bridgehead atoms. The number of aromatic carboxylic acids is 1. The summed E-state index contributed by atoms with van der Waals surface area (Å²) in [5.74, 6) is -0.595. The highest BCUT2D eigenvalue weighted by molar-refractivity contribution is 9.10. The summed E-state index contributed by atoms with van der Waals surface area (Å²) in [6, 6.07) is 11.6. The first kappa shape index (κ1) is 18.2. The lowest BCUT2D eigenvalue weighted by molar-refractivity contribution is -0.115. The average Bonchev–Trinajstić information content (AvgIpc) is 2.95. The molecule has 0 spiro atoms. The molecule has 1 aliphatic heterocycles. The molecule has 2 N–H and O–H groups in total. The number of nitrogens with zero attached hydrogens (tertiary/aromatic N) is 1. The molecule has 1 amide bonds. The third-order valence-electron chi connectivity index (χ3n) is 3.47. The molecule has 3 rings (SSSR count). The standard InChI is InChI=1S/C18H13BrN2O4S/c1-25-14-7-4-12(19)8-11(14)9-15-16(22)21-18(26-15)20-13-5-2-10(3-6-13)17(23)24/h2-9H,1H3,(H,23,24)(H,20,21,22)/b15-9+. The van der Waals surface area contributed by atoms with Crippen molar-refractivity contribution in [3.05, 3.63) is 63.0 Å². The molecule has 1 aliphatic rings. The maximum absolute atomic E-state index is 12.2. The number of aliphatic imine (C=N–C) groups is 1. The minimum absolute atomic E-state index is 0.180. The number of hydrogen-bond acceptors (Lipinski definition) is 5. The van der Waals surface area contributed by atoms with Crippen molar-refractivity contribution in [1.29, 1.82) is 0 Å². The van der Waals surface area contributed by atoms with E-state index in [1.165, 1.54) is 23.9 Å². The van der Waals surface area contributed by atoms with Crippen LogP contribution in [-0.2, 0) is 4.79 Å². The number of amidine groups is 1. The number of methoxy groups -OCH3 is 1. The first-order chi connectivity index (χ1) is 12.5. The zero-order chi connectivity index (χ0) is 18.7. The highest BCUT2D eigenvalue weighted by Gasteiger charge is 2.24. The van der Waals surface area contributed by atoms with Crippen molar-refractivity contribution in [2.45, 2.75) is 0 Å². The van der Waals surface area contributed by atoms with Gasteiger partial charge in [0.15, 0.2) is 5.17 Å². The number of nitrogens with one attached hydrogen (secondary N) is 1. The Labute approximate surface area is 162 Å². The number of halogens is 1. The number of carboxylic acids is 1. The van der Waals surface area contributed by atoms with Crippen LogP contribution in [0.1, 0.15) is 15.9 Å². The summed E-state index contributed by atoms with van der Waals surface area (Å²) in [6.45, 7) is 0. The Balaban J connectivity index is 1.84. The third-order valence-corrected chi connectivity index (χ3v) is 4.88. The number of amides is 1. The van der Waals surface area contributed by atoms with Crippen molar-refractivity contribution in [3.63, 3.8) is 0 Å². The molecular formula is C18H13BrN2O4S. The van der Waals surface area contributed by atoms with Crippen molar-refractivity contribution in [2.75, 3.05) is 7.11 Å². The second-order valence-corrected chi connectivity index (χ2v) is 7.17. The lowest BCUT2D eigenvalue weighted by Gasteiger charge is -2.05. The number of hydrogen-bond donors (Lipinski definition) is 2. The van der Waals surface area contributed by atoms with E-state index in [0.29, 0.717) is 21.5 Å². The van der Waals surface area contributed by atoms with Gasteiger partial charge in [0, 0.05) is 10.0 Å². The van der Waals surface area contributed by atoms with Gasteiger partial charge in [0.1, 0.15) is 5.75 Å². The van der Waals surface area contributed by atoms with Crippen LogP contribution in [0.3, 0.4) is 0 Å². The number of thioether (sulfide) groups is 1. The number of ether oxygens (including phenoxy) is 1. The molecule has 2 aromatic carbocycles. The van der Waals surface area contributed by atoms with Crippen LogP contribution in [-0.4, -0.2) is 29.3 Å². The molecule has 1 heterocycles. The molecule has 2 aromatic rings. The van der Waals surface area contributed by atoms with E-state index in [4.69, 9.17) is 9.84 Å². The molecule has 8 heteroatoms. The van der Waals surface area contributed by atoms with Crippen LogP contribution in [0.2, 0.25) is 0 Å². The van der Waals surface area contributed by atoms with E-state index in [-0.39, 0.29) is 11.5 Å². The molecule has 0 aromatic heterocycles. The molecule has 0 aliphatic carbocycles. The summed E-state index contributed by atoms with van der Waals surface area (Å²) in [5, 5.41) is 12.0. The molecular weight excluding hydrogens is 420 g/mol. The molecule has 0 saturated carbocycles. The minimum Gasteiger partial charge on any atom is -0.496 e. The van der Waals surface area contributed by atoms with Crippen LogP contribution in [0.5, 0.6) is 5.75 Å². The summed E-state index contributed by atoms with van der Waals surface area (Å²) in [5.41, 5.74) is 1.50. The Bertz CT molecular complexity index is 939. The summed E-state index contributed by atoms with van der Waals surface area (Å²) in [4.78, 5) is 27.9. The van der Waals surface area contributed by atoms with Crippen LogP contribution in [0.15, 0.2) is 56.8 Å². The quantitative estimate of drug-likeness (QED) is 0.711. The summed E-state index contributed by atoms with van der Waals surface area (Å²) in [7, 11) is 1.57.